The minimum atomic E-state index is -0.0407. The zero-order valence-corrected chi connectivity index (χ0v) is 11.7. The molecule has 2 rings (SSSR count). The van der Waals surface area contributed by atoms with E-state index in [4.69, 9.17) is 9.47 Å². The molecule has 1 aromatic carbocycles. The smallest absolute Gasteiger partial charge is 0.207 e. The van der Waals surface area contributed by atoms with Crippen molar-refractivity contribution in [3.8, 4) is 11.5 Å². The first kappa shape index (κ1) is 13.7. The Labute approximate surface area is 114 Å². The Bertz CT molecular complexity index is 495. The normalized spacial score (nSPS) is 15.6. The van der Waals surface area contributed by atoms with Crippen LogP contribution in [0.15, 0.2) is 24.3 Å². The first-order valence-electron chi connectivity index (χ1n) is 6.52. The van der Waals surface area contributed by atoms with Gasteiger partial charge in [-0.05, 0) is 29.5 Å². The number of hydrogen-bond acceptors (Lipinski definition) is 3. The largest absolute Gasteiger partial charge is 0.482 e. The number of rotatable bonds is 2. The van der Waals surface area contributed by atoms with Gasteiger partial charge in [0.15, 0.2) is 24.7 Å². The summed E-state index contributed by atoms with van der Waals surface area (Å²) in [4.78, 5) is 11.3. The molecule has 0 aliphatic carbocycles. The second-order valence-electron chi connectivity index (χ2n) is 5.99. The molecule has 1 aliphatic rings. The van der Waals surface area contributed by atoms with Gasteiger partial charge in [-0.1, -0.05) is 39.0 Å². The highest BCUT2D eigenvalue weighted by molar-refractivity contribution is 5.82. The second-order valence-corrected chi connectivity index (χ2v) is 5.99. The summed E-state index contributed by atoms with van der Waals surface area (Å²) in [6, 6.07) is 5.73. The Balaban J connectivity index is 2.11. The summed E-state index contributed by atoms with van der Waals surface area (Å²) in [6.45, 7) is 6.79. The number of hydrogen-bond donors (Lipinski definition) is 0. The van der Waals surface area contributed by atoms with Crippen molar-refractivity contribution in [3.05, 3.63) is 29.8 Å². The van der Waals surface area contributed by atoms with E-state index in [-0.39, 0.29) is 24.4 Å². The number of carbonyl (C=O) groups excluding carboxylic acids is 1. The number of Topliss-reactive ketones (excluding diaryl/α,β-unsaturated/α-hetero) is 1. The molecule has 0 saturated heterocycles. The summed E-state index contributed by atoms with van der Waals surface area (Å²) in [6.07, 6.45) is 5.24. The minimum Gasteiger partial charge on any atom is -0.482 e. The highest BCUT2D eigenvalue weighted by Gasteiger charge is 2.15. The molecule has 0 atom stereocenters. The van der Waals surface area contributed by atoms with Crippen LogP contribution in [0.25, 0.3) is 6.08 Å². The van der Waals surface area contributed by atoms with E-state index >= 15 is 0 Å². The lowest BCUT2D eigenvalue weighted by Crippen LogP contribution is -2.15. The summed E-state index contributed by atoms with van der Waals surface area (Å²) in [5.41, 5.74) is 1.34. The Morgan fingerprint density at radius 2 is 1.84 bits per heavy atom. The average Bonchev–Trinajstić information content (AvgIpc) is 2.50. The third-order valence-corrected chi connectivity index (χ3v) is 2.79. The van der Waals surface area contributed by atoms with Crippen LogP contribution >= 0.6 is 0 Å². The Kier molecular flexibility index (Phi) is 3.93. The van der Waals surface area contributed by atoms with E-state index in [9.17, 15) is 4.79 Å². The van der Waals surface area contributed by atoms with Gasteiger partial charge in [-0.2, -0.15) is 0 Å². The molecule has 0 spiro atoms. The van der Waals surface area contributed by atoms with Gasteiger partial charge in [-0.25, -0.2) is 0 Å². The van der Waals surface area contributed by atoms with Crippen molar-refractivity contribution in [2.45, 2.75) is 27.2 Å². The van der Waals surface area contributed by atoms with Gasteiger partial charge in [0.05, 0.1) is 0 Å². The molecule has 102 valence electrons. The van der Waals surface area contributed by atoms with E-state index in [0.717, 1.165) is 12.0 Å². The molecule has 0 saturated carbocycles. The van der Waals surface area contributed by atoms with Crippen LogP contribution in [0.4, 0.5) is 0 Å². The number of ketones is 1. The fourth-order valence-corrected chi connectivity index (χ4v) is 1.77. The van der Waals surface area contributed by atoms with Crippen molar-refractivity contribution in [1.29, 1.82) is 0 Å². The first-order chi connectivity index (χ1) is 8.94. The molecule has 1 aliphatic heterocycles. The van der Waals surface area contributed by atoms with Gasteiger partial charge in [0.2, 0.25) is 5.78 Å². The maximum absolute atomic E-state index is 11.3. The molecule has 1 aromatic rings. The van der Waals surface area contributed by atoms with Crippen LogP contribution < -0.4 is 9.47 Å². The summed E-state index contributed by atoms with van der Waals surface area (Å²) < 4.78 is 10.8. The zero-order valence-electron chi connectivity index (χ0n) is 11.7. The van der Waals surface area contributed by atoms with E-state index < -0.39 is 0 Å². The molecule has 19 heavy (non-hydrogen) atoms. The lowest BCUT2D eigenvalue weighted by atomic mass is 9.92. The molecule has 0 aromatic heterocycles. The van der Waals surface area contributed by atoms with Crippen molar-refractivity contribution in [1.82, 2.24) is 0 Å². The Hall–Kier alpha value is -1.77. The van der Waals surface area contributed by atoms with Crippen LogP contribution in [0.2, 0.25) is 0 Å². The molecule has 3 nitrogen and oxygen atoms in total. The van der Waals surface area contributed by atoms with Crippen LogP contribution in [-0.2, 0) is 4.79 Å². The lowest BCUT2D eigenvalue weighted by Gasteiger charge is -2.14. The Morgan fingerprint density at radius 1 is 1.16 bits per heavy atom. The van der Waals surface area contributed by atoms with Crippen molar-refractivity contribution >= 4 is 11.9 Å². The molecular weight excluding hydrogens is 240 g/mol. The van der Waals surface area contributed by atoms with Crippen LogP contribution in [0.5, 0.6) is 11.5 Å². The van der Waals surface area contributed by atoms with Gasteiger partial charge in [0.1, 0.15) is 0 Å². The predicted octanol–water partition coefficient (Wildman–Crippen LogP) is 3.48. The first-order valence-corrected chi connectivity index (χ1v) is 6.52. The molecule has 0 bridgehead atoms. The van der Waals surface area contributed by atoms with Crippen molar-refractivity contribution in [2.75, 3.05) is 13.2 Å². The third-order valence-electron chi connectivity index (χ3n) is 2.79. The lowest BCUT2D eigenvalue weighted by molar-refractivity contribution is -0.122. The van der Waals surface area contributed by atoms with Gasteiger partial charge in [-0.3, -0.25) is 4.79 Å². The molecular formula is C16H20O3. The molecule has 0 amide bonds. The minimum absolute atomic E-state index is 0.0407. The maximum Gasteiger partial charge on any atom is 0.207 e. The molecule has 0 unspecified atom stereocenters. The monoisotopic (exact) mass is 260 g/mol. The number of ether oxygens (including phenoxy) is 2. The number of allylic oxidation sites excluding steroid dienone is 1. The van der Waals surface area contributed by atoms with Crippen molar-refractivity contribution in [2.24, 2.45) is 5.41 Å². The summed E-state index contributed by atoms with van der Waals surface area (Å²) >= 11 is 0. The molecule has 0 fully saturated rings. The number of benzene rings is 1. The van der Waals surface area contributed by atoms with Gasteiger partial charge >= 0.3 is 0 Å². The summed E-state index contributed by atoms with van der Waals surface area (Å²) in [5, 5.41) is 0. The van der Waals surface area contributed by atoms with Crippen LogP contribution in [0.1, 0.15) is 32.8 Å². The van der Waals surface area contributed by atoms with Crippen molar-refractivity contribution in [3.63, 3.8) is 0 Å². The SMILES string of the molecule is CC(C)(C)C/C=C/c1ccc2c(c1)OCC(=O)CO2. The van der Waals surface area contributed by atoms with Crippen LogP contribution in [0, 0.1) is 5.41 Å². The zero-order chi connectivity index (χ0) is 13.9. The maximum atomic E-state index is 11.3. The van der Waals surface area contributed by atoms with Gasteiger partial charge in [0, 0.05) is 0 Å². The van der Waals surface area contributed by atoms with Crippen LogP contribution in [0.3, 0.4) is 0 Å². The molecule has 0 N–H and O–H groups in total. The second kappa shape index (κ2) is 5.47. The standard InChI is InChI=1S/C16H20O3/c1-16(2,3)8-4-5-12-6-7-14-15(9-12)19-11-13(17)10-18-14/h4-7,9H,8,10-11H2,1-3H3/b5-4+. The molecule has 0 radical (unpaired) electrons. The quantitative estimate of drug-likeness (QED) is 0.816. The van der Waals surface area contributed by atoms with Crippen LogP contribution in [-0.4, -0.2) is 19.0 Å². The van der Waals surface area contributed by atoms with Gasteiger partial charge < -0.3 is 9.47 Å². The number of fused-ring (bicyclic) bond motifs is 1. The van der Waals surface area contributed by atoms with E-state index in [1.54, 1.807) is 0 Å². The third kappa shape index (κ3) is 4.12. The average molecular weight is 260 g/mol. The highest BCUT2D eigenvalue weighted by Crippen LogP contribution is 2.30. The highest BCUT2D eigenvalue weighted by atomic mass is 16.5. The van der Waals surface area contributed by atoms with E-state index in [0.29, 0.717) is 11.5 Å². The fraction of sp³-hybridized carbons (Fsp3) is 0.438. The summed E-state index contributed by atoms with van der Waals surface area (Å²) in [7, 11) is 0. The van der Waals surface area contributed by atoms with E-state index in [1.165, 1.54) is 0 Å². The molecule has 3 heteroatoms. The van der Waals surface area contributed by atoms with Gasteiger partial charge in [-0.15, -0.1) is 0 Å². The molecule has 1 heterocycles. The topological polar surface area (TPSA) is 35.5 Å². The van der Waals surface area contributed by atoms with E-state index in [2.05, 4.69) is 32.9 Å². The Morgan fingerprint density at radius 3 is 2.53 bits per heavy atom. The van der Waals surface area contributed by atoms with E-state index in [1.807, 2.05) is 18.2 Å². The summed E-state index contributed by atoms with van der Waals surface area (Å²) in [5.74, 6) is 1.24. The predicted molar refractivity (Wildman–Crippen MR) is 75.5 cm³/mol. The van der Waals surface area contributed by atoms with Gasteiger partial charge in [0.25, 0.3) is 0 Å². The number of carbonyl (C=O) groups is 1. The fourth-order valence-electron chi connectivity index (χ4n) is 1.77. The van der Waals surface area contributed by atoms with Crippen molar-refractivity contribution < 1.29 is 14.3 Å².